The van der Waals surface area contributed by atoms with Crippen molar-refractivity contribution in [3.63, 3.8) is 0 Å². The van der Waals surface area contributed by atoms with Gasteiger partial charge in [-0.1, -0.05) is 46.2 Å². The summed E-state index contributed by atoms with van der Waals surface area (Å²) in [5.41, 5.74) is 3.87. The largest absolute Gasteiger partial charge is 0.416 e. The zero-order chi connectivity index (χ0) is 28.9. The summed E-state index contributed by atoms with van der Waals surface area (Å²) >= 11 is 6.25. The Bertz CT molecular complexity index is 1470. The Kier molecular flexibility index (Phi) is 7.24. The molecule has 40 heavy (non-hydrogen) atoms. The molecule has 4 heterocycles. The van der Waals surface area contributed by atoms with Crippen LogP contribution >= 0.6 is 11.6 Å². The van der Waals surface area contributed by atoms with Crippen molar-refractivity contribution in [1.29, 1.82) is 5.26 Å². The molecule has 1 saturated heterocycles. The number of nitrogens with zero attached hydrogens (tertiary/aromatic N) is 5. The van der Waals surface area contributed by atoms with Crippen molar-refractivity contribution in [3.8, 4) is 17.3 Å². The third-order valence-corrected chi connectivity index (χ3v) is 13.2. The van der Waals surface area contributed by atoms with Gasteiger partial charge in [0.05, 0.1) is 36.7 Å². The molecule has 2 aliphatic rings. The Morgan fingerprint density at radius 1 is 1.25 bits per heavy atom. The van der Waals surface area contributed by atoms with Crippen LogP contribution in [0.25, 0.3) is 11.3 Å². The summed E-state index contributed by atoms with van der Waals surface area (Å²) in [6, 6.07) is 10.0. The fourth-order valence-corrected chi connectivity index (χ4v) is 6.12. The lowest BCUT2D eigenvalue weighted by Crippen LogP contribution is -2.45. The first kappa shape index (κ1) is 28.6. The fourth-order valence-electron chi connectivity index (χ4n) is 4.81. The molecule has 0 bridgehead atoms. The van der Waals surface area contributed by atoms with E-state index in [0.29, 0.717) is 61.1 Å². The lowest BCUT2D eigenvalue weighted by atomic mass is 9.83. The molecule has 2 aromatic heterocycles. The molecule has 0 unspecified atom stereocenters. The number of halogens is 1. The number of nitrogens with one attached hydrogen (secondary N) is 2. The van der Waals surface area contributed by atoms with E-state index in [9.17, 15) is 5.26 Å². The second-order valence-electron chi connectivity index (χ2n) is 13.2. The number of hydrogen-bond donors (Lipinski definition) is 2. The van der Waals surface area contributed by atoms with Gasteiger partial charge < -0.3 is 19.8 Å². The van der Waals surface area contributed by atoms with E-state index in [0.717, 1.165) is 16.8 Å². The maximum atomic E-state index is 10.0. The van der Waals surface area contributed by atoms with Crippen LogP contribution in [0.4, 0.5) is 17.5 Å². The van der Waals surface area contributed by atoms with Crippen molar-refractivity contribution in [2.75, 3.05) is 37.0 Å². The zero-order valence-corrected chi connectivity index (χ0v) is 26.1. The molecule has 2 aliphatic heterocycles. The Morgan fingerprint density at radius 3 is 2.65 bits per heavy atom. The summed E-state index contributed by atoms with van der Waals surface area (Å²) in [6.45, 7) is 19.0. The van der Waals surface area contributed by atoms with Crippen molar-refractivity contribution in [2.24, 2.45) is 5.41 Å². The molecule has 1 aromatic carbocycles. The van der Waals surface area contributed by atoms with Gasteiger partial charge >= 0.3 is 0 Å². The minimum atomic E-state index is -1.95. The minimum absolute atomic E-state index is 0.0155. The highest BCUT2D eigenvalue weighted by molar-refractivity contribution is 6.74. The SMILES string of the molecule is CC1(Cn2nc(Cl)cc2Nc2nccc(-c3cc(C#N)c4c(c3)[C@@](C)(CO[Si](C)(C)C(C)(C)C)CN4)n2)COC1. The van der Waals surface area contributed by atoms with E-state index in [1.807, 2.05) is 16.8 Å². The van der Waals surface area contributed by atoms with Gasteiger partial charge in [-0.15, -0.1) is 0 Å². The Hall–Kier alpha value is -2.97. The summed E-state index contributed by atoms with van der Waals surface area (Å²) in [5.74, 6) is 1.13. The summed E-state index contributed by atoms with van der Waals surface area (Å²) < 4.78 is 13.9. The fraction of sp³-hybridized carbons (Fsp3) is 0.517. The topological polar surface area (TPSA) is 110 Å². The van der Waals surface area contributed by atoms with Crippen LogP contribution in [-0.4, -0.2) is 54.4 Å². The molecule has 0 spiro atoms. The number of fused-ring (bicyclic) bond motifs is 1. The lowest BCUT2D eigenvalue weighted by molar-refractivity contribution is -0.111. The van der Waals surface area contributed by atoms with Crippen LogP contribution < -0.4 is 10.6 Å². The Balaban J connectivity index is 1.43. The van der Waals surface area contributed by atoms with Crippen LogP contribution in [0.1, 0.15) is 45.7 Å². The molecule has 5 rings (SSSR count). The maximum absolute atomic E-state index is 10.0. The van der Waals surface area contributed by atoms with Gasteiger partial charge in [-0.3, -0.25) is 0 Å². The normalized spacial score (nSPS) is 19.9. The lowest BCUT2D eigenvalue weighted by Gasteiger charge is -2.39. The van der Waals surface area contributed by atoms with Crippen LogP contribution in [0.2, 0.25) is 23.3 Å². The maximum Gasteiger partial charge on any atom is 0.228 e. The number of nitriles is 1. The molecule has 3 aromatic rings. The first-order valence-corrected chi connectivity index (χ1v) is 16.9. The van der Waals surface area contributed by atoms with Crippen molar-refractivity contribution in [1.82, 2.24) is 19.7 Å². The number of benzene rings is 1. The average molecular weight is 580 g/mol. The molecule has 0 amide bonds. The first-order chi connectivity index (χ1) is 18.7. The van der Waals surface area contributed by atoms with Crippen LogP contribution in [0.5, 0.6) is 0 Å². The average Bonchev–Trinajstić information content (AvgIpc) is 3.39. The van der Waals surface area contributed by atoms with E-state index in [1.54, 1.807) is 12.3 Å². The monoisotopic (exact) mass is 579 g/mol. The molecule has 11 heteroatoms. The standard InChI is InChI=1S/C29H38ClN7O2Si/c1-27(2,3)40(6,7)39-18-29(5)14-33-25-20(13-31)10-19(11-21(25)29)22-8-9-32-26(34-22)35-24-12-23(30)36-37(24)15-28(4)16-38-17-28/h8-12,33H,14-18H2,1-7H3,(H,32,34,35)/t29-/m1/s1. The van der Waals surface area contributed by atoms with Crippen LogP contribution in [0, 0.1) is 16.7 Å². The van der Waals surface area contributed by atoms with E-state index < -0.39 is 8.32 Å². The second-order valence-corrected chi connectivity index (χ2v) is 18.4. The Labute approximate surface area is 242 Å². The molecule has 1 atom stereocenters. The quantitative estimate of drug-likeness (QED) is 0.297. The zero-order valence-electron chi connectivity index (χ0n) is 24.4. The van der Waals surface area contributed by atoms with Crippen LogP contribution in [0.15, 0.2) is 30.5 Å². The predicted molar refractivity (Wildman–Crippen MR) is 161 cm³/mol. The number of hydrogen-bond acceptors (Lipinski definition) is 8. The predicted octanol–water partition coefficient (Wildman–Crippen LogP) is 6.35. The van der Waals surface area contributed by atoms with Gasteiger partial charge in [0, 0.05) is 41.8 Å². The van der Waals surface area contributed by atoms with Gasteiger partial charge in [0.25, 0.3) is 0 Å². The first-order valence-electron chi connectivity index (χ1n) is 13.6. The summed E-state index contributed by atoms with van der Waals surface area (Å²) in [7, 11) is -1.95. The third-order valence-electron chi connectivity index (χ3n) is 8.50. The molecular formula is C29H38ClN7O2Si. The second kappa shape index (κ2) is 10.1. The number of aromatic nitrogens is 4. The van der Waals surface area contributed by atoms with E-state index >= 15 is 0 Å². The molecule has 9 nitrogen and oxygen atoms in total. The number of anilines is 3. The van der Waals surface area contributed by atoms with Crippen molar-refractivity contribution < 1.29 is 9.16 Å². The van der Waals surface area contributed by atoms with Gasteiger partial charge in [-0.25, -0.2) is 14.6 Å². The van der Waals surface area contributed by atoms with Crippen molar-refractivity contribution in [3.05, 3.63) is 46.7 Å². The minimum Gasteiger partial charge on any atom is -0.416 e. The van der Waals surface area contributed by atoms with E-state index in [2.05, 4.69) is 80.6 Å². The summed E-state index contributed by atoms with van der Waals surface area (Å²) in [5, 5.41) is 21.7. The molecule has 0 aliphatic carbocycles. The molecule has 2 N–H and O–H groups in total. The number of ether oxygens (including phenoxy) is 1. The summed E-state index contributed by atoms with van der Waals surface area (Å²) in [4.78, 5) is 9.24. The Morgan fingerprint density at radius 2 is 2.00 bits per heavy atom. The van der Waals surface area contributed by atoms with Gasteiger partial charge in [-0.2, -0.15) is 10.4 Å². The van der Waals surface area contributed by atoms with Crippen LogP contribution in [0.3, 0.4) is 0 Å². The van der Waals surface area contributed by atoms with Gasteiger partial charge in [-0.05, 0) is 41.9 Å². The molecule has 0 radical (unpaired) electrons. The van der Waals surface area contributed by atoms with Gasteiger partial charge in [0.15, 0.2) is 13.5 Å². The van der Waals surface area contributed by atoms with Crippen LogP contribution in [-0.2, 0) is 21.1 Å². The van der Waals surface area contributed by atoms with Crippen molar-refractivity contribution >= 4 is 37.4 Å². The molecule has 1 fully saturated rings. The third kappa shape index (κ3) is 5.48. The highest BCUT2D eigenvalue weighted by Gasteiger charge is 2.42. The molecule has 212 valence electrons. The summed E-state index contributed by atoms with van der Waals surface area (Å²) in [6.07, 6.45) is 1.71. The van der Waals surface area contributed by atoms with Gasteiger partial charge in [0.2, 0.25) is 5.95 Å². The van der Waals surface area contributed by atoms with Gasteiger partial charge in [0.1, 0.15) is 11.9 Å². The highest BCUT2D eigenvalue weighted by atomic mass is 35.5. The molecular weight excluding hydrogens is 542 g/mol. The van der Waals surface area contributed by atoms with E-state index in [4.69, 9.17) is 25.7 Å². The molecule has 0 saturated carbocycles. The van der Waals surface area contributed by atoms with E-state index in [1.165, 1.54) is 0 Å². The highest BCUT2D eigenvalue weighted by Crippen LogP contribution is 2.44. The number of rotatable bonds is 8. The smallest absolute Gasteiger partial charge is 0.228 e. The van der Waals surface area contributed by atoms with Crippen molar-refractivity contribution in [2.45, 2.75) is 64.7 Å². The van der Waals surface area contributed by atoms with E-state index in [-0.39, 0.29) is 15.9 Å².